The molecule has 1 aliphatic carbocycles. The number of ether oxygens (including phenoxy) is 2. The first kappa shape index (κ1) is 19.4. The molecule has 0 saturated heterocycles. The Kier molecular flexibility index (Phi) is 4.94. The molecule has 1 atom stereocenters. The monoisotopic (exact) mass is 416 g/mol. The van der Waals surface area contributed by atoms with Crippen molar-refractivity contribution in [3.05, 3.63) is 65.4 Å². The van der Waals surface area contributed by atoms with E-state index in [1.165, 1.54) is 0 Å². The summed E-state index contributed by atoms with van der Waals surface area (Å²) in [5.41, 5.74) is 3.62. The largest absolute Gasteiger partial charge is 0.497 e. The lowest BCUT2D eigenvalue weighted by Crippen LogP contribution is -2.31. The highest BCUT2D eigenvalue weighted by molar-refractivity contribution is 5.99. The van der Waals surface area contributed by atoms with Gasteiger partial charge in [-0.1, -0.05) is 12.1 Å². The minimum Gasteiger partial charge on any atom is -0.497 e. The van der Waals surface area contributed by atoms with Crippen LogP contribution < -0.4 is 14.8 Å². The number of ketones is 1. The topological polar surface area (TPSA) is 78.3 Å². The summed E-state index contributed by atoms with van der Waals surface area (Å²) in [5.74, 6) is 3.01. The maximum atomic E-state index is 12.9. The Morgan fingerprint density at radius 3 is 2.52 bits per heavy atom. The van der Waals surface area contributed by atoms with E-state index < -0.39 is 0 Å². The molecule has 31 heavy (non-hydrogen) atoms. The molecule has 2 heterocycles. The predicted molar refractivity (Wildman–Crippen MR) is 117 cm³/mol. The quantitative estimate of drug-likeness (QED) is 0.665. The number of allylic oxidation sites excluding steroid dienone is 2. The molecule has 1 aliphatic heterocycles. The Morgan fingerprint density at radius 1 is 1.06 bits per heavy atom. The molecule has 2 aliphatic rings. The van der Waals surface area contributed by atoms with Crippen LogP contribution >= 0.6 is 0 Å². The number of carbonyl (C=O) groups is 1. The molecular formula is C24H24N4O3. The van der Waals surface area contributed by atoms with Crippen LogP contribution in [0.4, 0.5) is 5.95 Å². The lowest BCUT2D eigenvalue weighted by atomic mass is 9.85. The van der Waals surface area contributed by atoms with Crippen molar-refractivity contribution in [1.29, 1.82) is 0 Å². The van der Waals surface area contributed by atoms with E-state index in [1.807, 2.05) is 60.1 Å². The fourth-order valence-corrected chi connectivity index (χ4v) is 4.24. The highest BCUT2D eigenvalue weighted by Crippen LogP contribution is 2.41. The van der Waals surface area contributed by atoms with Crippen LogP contribution in [0.5, 0.6) is 11.5 Å². The van der Waals surface area contributed by atoms with Crippen LogP contribution in [0.15, 0.2) is 59.8 Å². The molecule has 1 unspecified atom stereocenters. The molecule has 0 radical (unpaired) electrons. The normalized spacial score (nSPS) is 17.6. The number of fused-ring (bicyclic) bond motifs is 1. The molecule has 1 N–H and O–H groups in total. The van der Waals surface area contributed by atoms with Crippen molar-refractivity contribution in [3.63, 3.8) is 0 Å². The number of carbonyl (C=O) groups excluding carboxylic acids is 1. The number of hydrogen-bond acceptors (Lipinski definition) is 6. The molecule has 5 rings (SSSR count). The fraction of sp³-hybridized carbons (Fsp3) is 0.292. The molecular weight excluding hydrogens is 392 g/mol. The molecule has 7 heteroatoms. The summed E-state index contributed by atoms with van der Waals surface area (Å²) in [6.07, 6.45) is 2.24. The summed E-state index contributed by atoms with van der Waals surface area (Å²) in [5, 5.41) is 8.18. The van der Waals surface area contributed by atoms with Gasteiger partial charge in [0, 0.05) is 23.3 Å². The second-order valence-corrected chi connectivity index (χ2v) is 7.63. The third kappa shape index (κ3) is 3.46. The number of anilines is 1. The number of nitrogens with zero attached hydrogens (tertiary/aromatic N) is 3. The van der Waals surface area contributed by atoms with Crippen LogP contribution in [-0.2, 0) is 4.79 Å². The van der Waals surface area contributed by atoms with Gasteiger partial charge < -0.3 is 14.8 Å². The third-order valence-electron chi connectivity index (χ3n) is 5.72. The fourth-order valence-electron chi connectivity index (χ4n) is 4.24. The molecule has 0 amide bonds. The van der Waals surface area contributed by atoms with Crippen LogP contribution in [0.3, 0.4) is 0 Å². The lowest BCUT2D eigenvalue weighted by molar-refractivity contribution is -0.116. The van der Waals surface area contributed by atoms with Crippen molar-refractivity contribution >= 4 is 11.7 Å². The van der Waals surface area contributed by atoms with Crippen LogP contribution in [-0.4, -0.2) is 34.3 Å². The molecule has 0 saturated carbocycles. The zero-order chi connectivity index (χ0) is 21.4. The van der Waals surface area contributed by atoms with E-state index >= 15 is 0 Å². The van der Waals surface area contributed by atoms with E-state index in [0.29, 0.717) is 24.8 Å². The molecule has 0 fully saturated rings. The number of rotatable bonds is 5. The first-order valence-electron chi connectivity index (χ1n) is 10.5. The van der Waals surface area contributed by atoms with Crippen LogP contribution in [0, 0.1) is 0 Å². The van der Waals surface area contributed by atoms with Gasteiger partial charge in [0.2, 0.25) is 5.95 Å². The number of hydrogen-bond donors (Lipinski definition) is 1. The Labute approximate surface area is 180 Å². The van der Waals surface area contributed by atoms with Gasteiger partial charge in [0.05, 0.1) is 13.7 Å². The van der Waals surface area contributed by atoms with Gasteiger partial charge in [-0.2, -0.15) is 4.98 Å². The summed E-state index contributed by atoms with van der Waals surface area (Å²) < 4.78 is 12.7. The van der Waals surface area contributed by atoms with Crippen molar-refractivity contribution < 1.29 is 14.3 Å². The molecule has 1 aromatic heterocycles. The molecule has 0 spiro atoms. The van der Waals surface area contributed by atoms with Gasteiger partial charge in [-0.25, -0.2) is 4.68 Å². The number of benzene rings is 2. The second-order valence-electron chi connectivity index (χ2n) is 7.63. The minimum absolute atomic E-state index is 0.166. The molecule has 3 aromatic rings. The molecule has 2 aromatic carbocycles. The van der Waals surface area contributed by atoms with E-state index in [9.17, 15) is 4.79 Å². The Bertz CT molecular complexity index is 1150. The van der Waals surface area contributed by atoms with Crippen LogP contribution in [0.25, 0.3) is 11.4 Å². The third-order valence-corrected chi connectivity index (χ3v) is 5.72. The predicted octanol–water partition coefficient (Wildman–Crippen LogP) is 4.37. The molecule has 158 valence electrons. The van der Waals surface area contributed by atoms with E-state index in [4.69, 9.17) is 19.6 Å². The molecule has 7 nitrogen and oxygen atoms in total. The van der Waals surface area contributed by atoms with Crippen LogP contribution in [0.2, 0.25) is 0 Å². The maximum absolute atomic E-state index is 12.9. The Morgan fingerprint density at radius 2 is 1.81 bits per heavy atom. The number of methoxy groups -OCH3 is 1. The lowest BCUT2D eigenvalue weighted by Gasteiger charge is -2.32. The Balaban J connectivity index is 1.59. The van der Waals surface area contributed by atoms with Gasteiger partial charge in [-0.15, -0.1) is 5.10 Å². The number of aromatic nitrogens is 3. The van der Waals surface area contributed by atoms with Crippen molar-refractivity contribution in [2.75, 3.05) is 19.0 Å². The van der Waals surface area contributed by atoms with Crippen molar-refractivity contribution in [3.8, 4) is 22.9 Å². The van der Waals surface area contributed by atoms with Gasteiger partial charge in [-0.05, 0) is 61.7 Å². The average Bonchev–Trinajstić information content (AvgIpc) is 3.22. The first-order chi connectivity index (χ1) is 15.2. The van der Waals surface area contributed by atoms with Crippen molar-refractivity contribution in [2.24, 2.45) is 0 Å². The average molecular weight is 416 g/mol. The zero-order valence-electron chi connectivity index (χ0n) is 17.6. The van der Waals surface area contributed by atoms with Gasteiger partial charge in [0.15, 0.2) is 11.6 Å². The standard InChI is InChI=1S/C24H24N4O3/c1-3-31-18-13-7-15(8-14-18)22-21-19(5-4-6-20(21)29)25-24-26-23(27-28(22)24)16-9-11-17(30-2)12-10-16/h7-14,22H,3-6H2,1-2H3,(H,25,26,27). The van der Waals surface area contributed by atoms with Gasteiger partial charge in [0.1, 0.15) is 17.5 Å². The van der Waals surface area contributed by atoms with Gasteiger partial charge >= 0.3 is 0 Å². The summed E-state index contributed by atoms with van der Waals surface area (Å²) in [6, 6.07) is 15.2. The van der Waals surface area contributed by atoms with E-state index in [0.717, 1.165) is 46.7 Å². The summed E-state index contributed by atoms with van der Waals surface area (Å²) >= 11 is 0. The van der Waals surface area contributed by atoms with Crippen LogP contribution in [0.1, 0.15) is 37.8 Å². The number of Topliss-reactive ketones (excluding diaryl/α,β-unsaturated/α-hetero) is 1. The summed E-state index contributed by atoms with van der Waals surface area (Å²) in [4.78, 5) is 17.7. The molecule has 0 bridgehead atoms. The summed E-state index contributed by atoms with van der Waals surface area (Å²) in [6.45, 7) is 2.57. The summed E-state index contributed by atoms with van der Waals surface area (Å²) in [7, 11) is 1.64. The smallest absolute Gasteiger partial charge is 0.226 e. The first-order valence-corrected chi connectivity index (χ1v) is 10.5. The SMILES string of the molecule is CCOc1ccc(C2C3=C(CCCC3=O)Nc3nc(-c4ccc(OC)cc4)nn32)cc1. The highest BCUT2D eigenvalue weighted by Gasteiger charge is 2.36. The highest BCUT2D eigenvalue weighted by atomic mass is 16.5. The minimum atomic E-state index is -0.311. The Hall–Kier alpha value is -3.61. The second kappa shape index (κ2) is 7.91. The van der Waals surface area contributed by atoms with Gasteiger partial charge in [0.25, 0.3) is 0 Å². The van der Waals surface area contributed by atoms with Crippen molar-refractivity contribution in [2.45, 2.75) is 32.2 Å². The maximum Gasteiger partial charge on any atom is 0.226 e. The van der Waals surface area contributed by atoms with Crippen molar-refractivity contribution in [1.82, 2.24) is 14.8 Å². The van der Waals surface area contributed by atoms with E-state index in [-0.39, 0.29) is 11.8 Å². The van der Waals surface area contributed by atoms with E-state index in [1.54, 1.807) is 7.11 Å². The zero-order valence-corrected chi connectivity index (χ0v) is 17.6. The van der Waals surface area contributed by atoms with E-state index in [2.05, 4.69) is 5.32 Å². The number of nitrogens with one attached hydrogen (secondary N) is 1. The van der Waals surface area contributed by atoms with Gasteiger partial charge in [-0.3, -0.25) is 4.79 Å².